The Kier molecular flexibility index (Phi) is 4.61. The third-order valence-corrected chi connectivity index (χ3v) is 3.83. The summed E-state index contributed by atoms with van der Waals surface area (Å²) in [5.74, 6) is -0.0962. The summed E-state index contributed by atoms with van der Waals surface area (Å²) in [6, 6.07) is 9.00. The highest BCUT2D eigenvalue weighted by molar-refractivity contribution is 7.10. The largest absolute Gasteiger partial charge is 0.379 e. The Bertz CT molecular complexity index is 675. The van der Waals surface area contributed by atoms with Gasteiger partial charge in [0.1, 0.15) is 0 Å². The molecule has 2 N–H and O–H groups in total. The number of carbonyl (C=O) groups is 1. The number of nitrogens with one attached hydrogen (secondary N) is 2. The normalized spacial score (nSPS) is 9.85. The van der Waals surface area contributed by atoms with Crippen LogP contribution in [-0.2, 0) is 11.3 Å². The first-order valence-electron chi connectivity index (χ1n) is 5.87. The number of benzene rings is 1. The Balaban J connectivity index is 2.08. The average molecular weight is 306 g/mol. The Morgan fingerprint density at radius 3 is 2.85 bits per heavy atom. The molecule has 0 saturated carbocycles. The van der Waals surface area contributed by atoms with Crippen LogP contribution in [0.3, 0.4) is 0 Å². The first-order chi connectivity index (χ1) is 9.60. The molecule has 4 nitrogen and oxygen atoms in total. The molecule has 0 fully saturated rings. The monoisotopic (exact) mass is 305 g/mol. The van der Waals surface area contributed by atoms with Gasteiger partial charge in [-0.25, -0.2) is 0 Å². The molecule has 0 radical (unpaired) electrons. The molecule has 0 saturated heterocycles. The Labute approximate surface area is 126 Å². The Hall–Kier alpha value is -2.03. The summed E-state index contributed by atoms with van der Waals surface area (Å²) in [7, 11) is 0. The lowest BCUT2D eigenvalue weighted by Gasteiger charge is -2.09. The van der Waals surface area contributed by atoms with Crippen LogP contribution in [-0.4, -0.2) is 5.91 Å². The minimum absolute atomic E-state index is 0.0962. The van der Waals surface area contributed by atoms with Gasteiger partial charge in [0.2, 0.25) is 5.91 Å². The summed E-state index contributed by atoms with van der Waals surface area (Å²) in [6.45, 7) is 2.03. The van der Waals surface area contributed by atoms with Gasteiger partial charge >= 0.3 is 0 Å². The van der Waals surface area contributed by atoms with Gasteiger partial charge in [0.15, 0.2) is 0 Å². The molecule has 1 amide bonds. The van der Waals surface area contributed by atoms with Crippen LogP contribution in [0.2, 0.25) is 5.02 Å². The summed E-state index contributed by atoms with van der Waals surface area (Å²) in [4.78, 5) is 12.1. The first kappa shape index (κ1) is 14.4. The lowest BCUT2D eigenvalue weighted by Crippen LogP contribution is -2.08. The van der Waals surface area contributed by atoms with Crippen LogP contribution in [0.25, 0.3) is 0 Å². The number of halogens is 1. The van der Waals surface area contributed by atoms with E-state index in [1.807, 2.05) is 17.5 Å². The van der Waals surface area contributed by atoms with E-state index in [4.69, 9.17) is 16.9 Å². The van der Waals surface area contributed by atoms with Gasteiger partial charge < -0.3 is 10.6 Å². The standard InChI is InChI=1S/C14H12ClN3OS/c1-9(19)18-13-4-5-20-14(13)8-17-12-3-2-10(7-16)6-11(12)15/h2-6,17H,8H2,1H3,(H,18,19). The van der Waals surface area contributed by atoms with Crippen molar-refractivity contribution in [3.8, 4) is 6.07 Å². The van der Waals surface area contributed by atoms with Crippen molar-refractivity contribution in [2.24, 2.45) is 0 Å². The van der Waals surface area contributed by atoms with Gasteiger partial charge in [-0.15, -0.1) is 11.3 Å². The molecule has 1 aromatic heterocycles. The quantitative estimate of drug-likeness (QED) is 0.902. The van der Waals surface area contributed by atoms with Crippen molar-refractivity contribution in [3.63, 3.8) is 0 Å². The molecule has 1 aromatic carbocycles. The highest BCUT2D eigenvalue weighted by Gasteiger charge is 2.07. The van der Waals surface area contributed by atoms with Gasteiger partial charge in [0.05, 0.1) is 34.6 Å². The molecule has 0 atom stereocenters. The minimum Gasteiger partial charge on any atom is -0.379 e. The molecule has 20 heavy (non-hydrogen) atoms. The highest BCUT2D eigenvalue weighted by Crippen LogP contribution is 2.27. The molecule has 0 bridgehead atoms. The van der Waals surface area contributed by atoms with E-state index in [1.54, 1.807) is 29.5 Å². The predicted molar refractivity (Wildman–Crippen MR) is 82.1 cm³/mol. The maximum atomic E-state index is 11.1. The van der Waals surface area contributed by atoms with E-state index < -0.39 is 0 Å². The average Bonchev–Trinajstić information content (AvgIpc) is 2.83. The number of thiophene rings is 1. The molecule has 0 aliphatic heterocycles. The predicted octanol–water partition coefficient (Wildman–Crippen LogP) is 3.84. The van der Waals surface area contributed by atoms with Crippen molar-refractivity contribution in [1.82, 2.24) is 0 Å². The van der Waals surface area contributed by atoms with E-state index in [0.29, 0.717) is 17.1 Å². The number of anilines is 2. The van der Waals surface area contributed by atoms with Gasteiger partial charge in [-0.2, -0.15) is 5.26 Å². The fourth-order valence-corrected chi connectivity index (χ4v) is 2.70. The van der Waals surface area contributed by atoms with E-state index in [0.717, 1.165) is 16.3 Å². The van der Waals surface area contributed by atoms with Crippen LogP contribution in [0, 0.1) is 11.3 Å². The second-order valence-electron chi connectivity index (χ2n) is 4.10. The molecule has 2 aromatic rings. The molecular weight excluding hydrogens is 294 g/mol. The summed E-state index contributed by atoms with van der Waals surface area (Å²) in [5.41, 5.74) is 2.09. The van der Waals surface area contributed by atoms with Gasteiger partial charge in [0.25, 0.3) is 0 Å². The van der Waals surface area contributed by atoms with E-state index in [-0.39, 0.29) is 5.91 Å². The van der Waals surface area contributed by atoms with Crippen LogP contribution in [0.4, 0.5) is 11.4 Å². The van der Waals surface area contributed by atoms with Crippen LogP contribution in [0.1, 0.15) is 17.4 Å². The highest BCUT2D eigenvalue weighted by atomic mass is 35.5. The zero-order chi connectivity index (χ0) is 14.5. The number of carbonyl (C=O) groups excluding carboxylic acids is 1. The molecule has 0 unspecified atom stereocenters. The summed E-state index contributed by atoms with van der Waals surface area (Å²) in [5, 5.41) is 17.2. The smallest absolute Gasteiger partial charge is 0.221 e. The van der Waals surface area contributed by atoms with Gasteiger partial charge in [0, 0.05) is 11.8 Å². The van der Waals surface area contributed by atoms with Crippen molar-refractivity contribution in [1.29, 1.82) is 5.26 Å². The third-order valence-electron chi connectivity index (χ3n) is 2.59. The summed E-state index contributed by atoms with van der Waals surface area (Å²) < 4.78 is 0. The Morgan fingerprint density at radius 2 is 2.20 bits per heavy atom. The summed E-state index contributed by atoms with van der Waals surface area (Å²) >= 11 is 7.64. The minimum atomic E-state index is -0.0962. The van der Waals surface area contributed by atoms with Crippen LogP contribution in [0.5, 0.6) is 0 Å². The molecule has 2 rings (SSSR count). The molecule has 1 heterocycles. The van der Waals surface area contributed by atoms with Crippen molar-refractivity contribution < 1.29 is 4.79 Å². The lowest BCUT2D eigenvalue weighted by molar-refractivity contribution is -0.114. The lowest BCUT2D eigenvalue weighted by atomic mass is 10.2. The van der Waals surface area contributed by atoms with Gasteiger partial charge in [-0.3, -0.25) is 4.79 Å². The zero-order valence-corrected chi connectivity index (χ0v) is 12.3. The second-order valence-corrected chi connectivity index (χ2v) is 5.51. The third kappa shape index (κ3) is 3.50. The van der Waals surface area contributed by atoms with Gasteiger partial charge in [-0.05, 0) is 29.6 Å². The molecule has 0 aliphatic rings. The molecule has 0 aliphatic carbocycles. The number of nitriles is 1. The van der Waals surface area contributed by atoms with Crippen molar-refractivity contribution >= 4 is 40.2 Å². The second kappa shape index (κ2) is 6.42. The molecule has 6 heteroatoms. The number of nitrogens with zero attached hydrogens (tertiary/aromatic N) is 1. The zero-order valence-electron chi connectivity index (χ0n) is 10.7. The molecule has 0 spiro atoms. The van der Waals surface area contributed by atoms with E-state index in [2.05, 4.69) is 10.6 Å². The van der Waals surface area contributed by atoms with Crippen molar-refractivity contribution in [2.45, 2.75) is 13.5 Å². The van der Waals surface area contributed by atoms with E-state index in [9.17, 15) is 4.79 Å². The van der Waals surface area contributed by atoms with Crippen LogP contribution in [0.15, 0.2) is 29.6 Å². The fraction of sp³-hybridized carbons (Fsp3) is 0.143. The topological polar surface area (TPSA) is 64.9 Å². The number of rotatable bonds is 4. The van der Waals surface area contributed by atoms with Gasteiger partial charge in [-0.1, -0.05) is 11.6 Å². The van der Waals surface area contributed by atoms with E-state index >= 15 is 0 Å². The Morgan fingerprint density at radius 1 is 1.40 bits per heavy atom. The maximum Gasteiger partial charge on any atom is 0.221 e. The van der Waals surface area contributed by atoms with E-state index in [1.165, 1.54) is 6.92 Å². The fourth-order valence-electron chi connectivity index (χ4n) is 1.68. The van der Waals surface area contributed by atoms with Crippen LogP contribution >= 0.6 is 22.9 Å². The molecule has 102 valence electrons. The number of hydrogen-bond acceptors (Lipinski definition) is 4. The maximum absolute atomic E-state index is 11.1. The number of hydrogen-bond donors (Lipinski definition) is 2. The van der Waals surface area contributed by atoms with Crippen molar-refractivity contribution in [3.05, 3.63) is 45.1 Å². The molecular formula is C14H12ClN3OS. The summed E-state index contributed by atoms with van der Waals surface area (Å²) in [6.07, 6.45) is 0. The first-order valence-corrected chi connectivity index (χ1v) is 7.13. The van der Waals surface area contributed by atoms with Crippen molar-refractivity contribution in [2.75, 3.05) is 10.6 Å². The van der Waals surface area contributed by atoms with Crippen LogP contribution < -0.4 is 10.6 Å². The number of amides is 1. The SMILES string of the molecule is CC(=O)Nc1ccsc1CNc1ccc(C#N)cc1Cl.